The highest BCUT2D eigenvalue weighted by atomic mass is 35.5. The summed E-state index contributed by atoms with van der Waals surface area (Å²) in [6, 6.07) is 14.4. The molecule has 18 heavy (non-hydrogen) atoms. The van der Waals surface area contributed by atoms with Gasteiger partial charge in [0.25, 0.3) is 0 Å². The van der Waals surface area contributed by atoms with E-state index in [1.54, 1.807) is 0 Å². The predicted molar refractivity (Wildman–Crippen MR) is 75.7 cm³/mol. The lowest BCUT2D eigenvalue weighted by molar-refractivity contribution is 0.486. The fourth-order valence-electron chi connectivity index (χ4n) is 1.94. The fourth-order valence-corrected chi connectivity index (χ4v) is 2.07. The first kappa shape index (κ1) is 13.1. The van der Waals surface area contributed by atoms with Crippen molar-refractivity contribution < 1.29 is 0 Å². The molecule has 0 spiro atoms. The smallest absolute Gasteiger partial charge is 0.0570 e. The lowest BCUT2D eigenvalue weighted by atomic mass is 10.1. The van der Waals surface area contributed by atoms with E-state index in [4.69, 9.17) is 11.6 Å². The molecule has 2 atom stereocenters. The number of nitrogens with one attached hydrogen (secondary N) is 1. The van der Waals surface area contributed by atoms with Crippen molar-refractivity contribution in [3.05, 3.63) is 64.9 Å². The first-order valence-electron chi connectivity index (χ1n) is 6.09. The molecule has 1 aromatic heterocycles. The number of nitrogens with zero attached hydrogens (tertiary/aromatic N) is 1. The van der Waals surface area contributed by atoms with E-state index in [9.17, 15) is 0 Å². The van der Waals surface area contributed by atoms with Gasteiger partial charge in [0.05, 0.1) is 5.69 Å². The second-order valence-electron chi connectivity index (χ2n) is 4.42. The van der Waals surface area contributed by atoms with Gasteiger partial charge in [-0.15, -0.1) is 0 Å². The van der Waals surface area contributed by atoms with Gasteiger partial charge in [-0.25, -0.2) is 0 Å². The van der Waals surface area contributed by atoms with Gasteiger partial charge in [-0.05, 0) is 43.7 Å². The van der Waals surface area contributed by atoms with Crippen molar-refractivity contribution in [3.8, 4) is 0 Å². The van der Waals surface area contributed by atoms with Crippen molar-refractivity contribution in [1.29, 1.82) is 0 Å². The van der Waals surface area contributed by atoms with Gasteiger partial charge in [0, 0.05) is 23.3 Å². The number of hydrogen-bond acceptors (Lipinski definition) is 2. The van der Waals surface area contributed by atoms with Gasteiger partial charge in [0.15, 0.2) is 0 Å². The number of hydrogen-bond donors (Lipinski definition) is 1. The minimum Gasteiger partial charge on any atom is -0.302 e. The van der Waals surface area contributed by atoms with Crippen LogP contribution < -0.4 is 5.32 Å². The Labute approximate surface area is 113 Å². The van der Waals surface area contributed by atoms with Crippen LogP contribution in [0.2, 0.25) is 5.02 Å². The van der Waals surface area contributed by atoms with E-state index in [0.29, 0.717) is 0 Å². The van der Waals surface area contributed by atoms with Crippen LogP contribution in [0.5, 0.6) is 0 Å². The molecule has 2 rings (SSSR count). The average molecular weight is 261 g/mol. The quantitative estimate of drug-likeness (QED) is 0.893. The largest absolute Gasteiger partial charge is 0.302 e. The summed E-state index contributed by atoms with van der Waals surface area (Å²) >= 11 is 5.89. The maximum atomic E-state index is 5.89. The van der Waals surface area contributed by atoms with E-state index >= 15 is 0 Å². The highest BCUT2D eigenvalue weighted by Crippen LogP contribution is 2.19. The van der Waals surface area contributed by atoms with Crippen LogP contribution in [0, 0.1) is 0 Å². The SMILES string of the molecule is CC(NC(C)c1ccccn1)c1ccc(Cl)cc1. The van der Waals surface area contributed by atoms with E-state index in [-0.39, 0.29) is 12.1 Å². The van der Waals surface area contributed by atoms with Crippen molar-refractivity contribution in [2.24, 2.45) is 0 Å². The zero-order chi connectivity index (χ0) is 13.0. The summed E-state index contributed by atoms with van der Waals surface area (Å²) < 4.78 is 0. The molecule has 3 heteroatoms. The standard InChI is InChI=1S/C15H17ClN2/c1-11(13-6-8-14(16)9-7-13)18-12(2)15-5-3-4-10-17-15/h3-12,18H,1-2H3. The molecule has 0 aliphatic carbocycles. The Balaban J connectivity index is 2.03. The molecule has 0 saturated carbocycles. The molecule has 0 bridgehead atoms. The summed E-state index contributed by atoms with van der Waals surface area (Å²) in [7, 11) is 0. The van der Waals surface area contributed by atoms with E-state index in [2.05, 4.69) is 24.1 Å². The highest BCUT2D eigenvalue weighted by molar-refractivity contribution is 6.30. The summed E-state index contributed by atoms with van der Waals surface area (Å²) in [5.41, 5.74) is 2.28. The molecule has 0 aliphatic rings. The molecule has 0 fully saturated rings. The molecular weight excluding hydrogens is 244 g/mol. The molecule has 2 aromatic rings. The third-order valence-electron chi connectivity index (χ3n) is 3.00. The summed E-state index contributed by atoms with van der Waals surface area (Å²) in [6.07, 6.45) is 1.82. The van der Waals surface area contributed by atoms with E-state index in [0.717, 1.165) is 10.7 Å². The summed E-state index contributed by atoms with van der Waals surface area (Å²) in [4.78, 5) is 4.36. The fraction of sp³-hybridized carbons (Fsp3) is 0.267. The molecular formula is C15H17ClN2. The first-order chi connectivity index (χ1) is 8.66. The van der Waals surface area contributed by atoms with Crippen LogP contribution >= 0.6 is 11.6 Å². The Bertz CT molecular complexity index is 482. The van der Waals surface area contributed by atoms with Crippen molar-refractivity contribution in [2.75, 3.05) is 0 Å². The van der Waals surface area contributed by atoms with Crippen molar-refractivity contribution in [1.82, 2.24) is 10.3 Å². The van der Waals surface area contributed by atoms with Crippen LogP contribution in [0.4, 0.5) is 0 Å². The third kappa shape index (κ3) is 3.31. The molecule has 1 aromatic carbocycles. The molecule has 1 N–H and O–H groups in total. The van der Waals surface area contributed by atoms with Crippen LogP contribution in [-0.4, -0.2) is 4.98 Å². The number of halogens is 1. The Morgan fingerprint density at radius 3 is 2.33 bits per heavy atom. The Morgan fingerprint density at radius 2 is 1.72 bits per heavy atom. The van der Waals surface area contributed by atoms with E-state index in [1.807, 2.05) is 48.7 Å². The number of benzene rings is 1. The van der Waals surface area contributed by atoms with Crippen molar-refractivity contribution in [3.63, 3.8) is 0 Å². The van der Waals surface area contributed by atoms with Crippen LogP contribution in [0.1, 0.15) is 37.2 Å². The van der Waals surface area contributed by atoms with Crippen molar-refractivity contribution >= 4 is 11.6 Å². The molecule has 2 nitrogen and oxygen atoms in total. The van der Waals surface area contributed by atoms with Gasteiger partial charge in [0.2, 0.25) is 0 Å². The van der Waals surface area contributed by atoms with Gasteiger partial charge < -0.3 is 5.32 Å². The topological polar surface area (TPSA) is 24.9 Å². The first-order valence-corrected chi connectivity index (χ1v) is 6.47. The molecule has 0 radical (unpaired) electrons. The van der Waals surface area contributed by atoms with Gasteiger partial charge in [-0.1, -0.05) is 29.8 Å². The summed E-state index contributed by atoms with van der Waals surface area (Å²) in [5, 5.41) is 4.29. The predicted octanol–water partition coefficient (Wildman–Crippen LogP) is 4.15. The second-order valence-corrected chi connectivity index (χ2v) is 4.85. The van der Waals surface area contributed by atoms with E-state index < -0.39 is 0 Å². The van der Waals surface area contributed by atoms with Crippen LogP contribution in [-0.2, 0) is 0 Å². The van der Waals surface area contributed by atoms with Gasteiger partial charge >= 0.3 is 0 Å². The molecule has 0 saturated heterocycles. The summed E-state index contributed by atoms with van der Waals surface area (Å²) in [6.45, 7) is 4.26. The van der Waals surface area contributed by atoms with Crippen LogP contribution in [0.15, 0.2) is 48.7 Å². The monoisotopic (exact) mass is 260 g/mol. The molecule has 0 amide bonds. The van der Waals surface area contributed by atoms with E-state index in [1.165, 1.54) is 5.56 Å². The Kier molecular flexibility index (Phi) is 4.34. The van der Waals surface area contributed by atoms with Crippen LogP contribution in [0.25, 0.3) is 0 Å². The number of pyridine rings is 1. The lowest BCUT2D eigenvalue weighted by Crippen LogP contribution is -2.23. The zero-order valence-corrected chi connectivity index (χ0v) is 11.4. The third-order valence-corrected chi connectivity index (χ3v) is 3.25. The van der Waals surface area contributed by atoms with Gasteiger partial charge in [-0.3, -0.25) is 4.98 Å². The molecule has 0 aliphatic heterocycles. The maximum absolute atomic E-state index is 5.89. The zero-order valence-electron chi connectivity index (χ0n) is 10.6. The molecule has 2 unspecified atom stereocenters. The lowest BCUT2D eigenvalue weighted by Gasteiger charge is -2.20. The van der Waals surface area contributed by atoms with Gasteiger partial charge in [-0.2, -0.15) is 0 Å². The van der Waals surface area contributed by atoms with Gasteiger partial charge in [0.1, 0.15) is 0 Å². The minimum absolute atomic E-state index is 0.219. The Hall–Kier alpha value is -1.38. The normalized spacial score (nSPS) is 14.2. The summed E-state index contributed by atoms with van der Waals surface area (Å²) in [5.74, 6) is 0. The van der Waals surface area contributed by atoms with Crippen molar-refractivity contribution in [2.45, 2.75) is 25.9 Å². The number of rotatable bonds is 4. The van der Waals surface area contributed by atoms with Crippen LogP contribution in [0.3, 0.4) is 0 Å². The Morgan fingerprint density at radius 1 is 1.00 bits per heavy atom. The average Bonchev–Trinajstić information content (AvgIpc) is 2.40. The minimum atomic E-state index is 0.219. The number of aromatic nitrogens is 1. The molecule has 1 heterocycles. The maximum Gasteiger partial charge on any atom is 0.0570 e. The second kappa shape index (κ2) is 5.98. The molecule has 94 valence electrons. The highest BCUT2D eigenvalue weighted by Gasteiger charge is 2.11.